The van der Waals surface area contributed by atoms with Gasteiger partial charge in [0.15, 0.2) is 5.76 Å². The highest BCUT2D eigenvalue weighted by Gasteiger charge is 2.23. The number of aryl methyl sites for hydroxylation is 1. The smallest absolute Gasteiger partial charge is 0.344 e. The summed E-state index contributed by atoms with van der Waals surface area (Å²) in [6.07, 6.45) is 1.61. The number of hydrogen-bond donors (Lipinski definition) is 0. The number of carbonyl (C=O) groups is 1. The zero-order valence-corrected chi connectivity index (χ0v) is 12.5. The van der Waals surface area contributed by atoms with Crippen LogP contribution in [0.4, 0.5) is 0 Å². The van der Waals surface area contributed by atoms with E-state index in [-0.39, 0.29) is 12.5 Å². The summed E-state index contributed by atoms with van der Waals surface area (Å²) >= 11 is 0. The Hall–Kier alpha value is -2.37. The first-order chi connectivity index (χ1) is 10.0. The Bertz CT molecular complexity index is 617. The van der Waals surface area contributed by atoms with Crippen molar-refractivity contribution in [3.05, 3.63) is 40.9 Å². The summed E-state index contributed by atoms with van der Waals surface area (Å²) in [6.45, 7) is 5.73. The quantitative estimate of drug-likeness (QED) is 0.788. The lowest BCUT2D eigenvalue weighted by Gasteiger charge is -2.07. The van der Waals surface area contributed by atoms with Crippen LogP contribution in [0.2, 0.25) is 0 Å². The molecule has 0 aromatic carbocycles. The van der Waals surface area contributed by atoms with Crippen molar-refractivity contribution in [3.8, 4) is 5.88 Å². The molecule has 0 N–H and O–H groups in total. The molecule has 112 valence electrons. The van der Waals surface area contributed by atoms with Crippen molar-refractivity contribution in [2.45, 2.75) is 33.3 Å². The van der Waals surface area contributed by atoms with Gasteiger partial charge in [0.2, 0.25) is 5.88 Å². The van der Waals surface area contributed by atoms with E-state index in [0.717, 1.165) is 5.56 Å². The summed E-state index contributed by atoms with van der Waals surface area (Å²) in [7, 11) is 1.55. The Balaban J connectivity index is 2.06. The molecular formula is C15H18N2O4. The first-order valence-corrected chi connectivity index (χ1v) is 6.65. The predicted molar refractivity (Wildman–Crippen MR) is 75.2 cm³/mol. The molecular weight excluding hydrogens is 272 g/mol. The SMILES string of the molecule is COc1ccc(COC(=O)c2c(C)noc2C(C)C)cn1. The first kappa shape index (κ1) is 15.0. The number of aromatic nitrogens is 2. The molecule has 0 aliphatic rings. The molecule has 0 atom stereocenters. The molecule has 2 aromatic rings. The summed E-state index contributed by atoms with van der Waals surface area (Å²) in [6, 6.07) is 3.51. The highest BCUT2D eigenvalue weighted by Crippen LogP contribution is 2.23. The van der Waals surface area contributed by atoms with Gasteiger partial charge in [0.1, 0.15) is 12.2 Å². The van der Waals surface area contributed by atoms with Crippen LogP contribution >= 0.6 is 0 Å². The van der Waals surface area contributed by atoms with Gasteiger partial charge in [0, 0.05) is 23.7 Å². The zero-order valence-electron chi connectivity index (χ0n) is 12.5. The van der Waals surface area contributed by atoms with E-state index in [1.807, 2.05) is 13.8 Å². The van der Waals surface area contributed by atoms with E-state index in [1.54, 1.807) is 32.4 Å². The van der Waals surface area contributed by atoms with Crippen molar-refractivity contribution in [3.63, 3.8) is 0 Å². The van der Waals surface area contributed by atoms with Crippen molar-refractivity contribution in [2.24, 2.45) is 0 Å². The van der Waals surface area contributed by atoms with E-state index in [0.29, 0.717) is 22.9 Å². The maximum absolute atomic E-state index is 12.2. The Morgan fingerprint density at radius 3 is 2.71 bits per heavy atom. The van der Waals surface area contributed by atoms with Crippen LogP contribution in [-0.4, -0.2) is 23.2 Å². The van der Waals surface area contributed by atoms with Gasteiger partial charge >= 0.3 is 5.97 Å². The van der Waals surface area contributed by atoms with E-state index in [9.17, 15) is 4.79 Å². The third kappa shape index (κ3) is 3.39. The lowest BCUT2D eigenvalue weighted by atomic mass is 10.1. The minimum Gasteiger partial charge on any atom is -0.481 e. The summed E-state index contributed by atoms with van der Waals surface area (Å²) < 4.78 is 15.5. The summed E-state index contributed by atoms with van der Waals surface area (Å²) in [5, 5.41) is 3.83. The standard InChI is InChI=1S/C15H18N2O4/c1-9(2)14-13(10(3)17-21-14)15(18)20-8-11-5-6-12(19-4)16-7-11/h5-7,9H,8H2,1-4H3. The molecule has 0 saturated heterocycles. The van der Waals surface area contributed by atoms with Crippen molar-refractivity contribution < 1.29 is 18.8 Å². The molecule has 2 heterocycles. The fourth-order valence-electron chi connectivity index (χ4n) is 1.87. The first-order valence-electron chi connectivity index (χ1n) is 6.65. The topological polar surface area (TPSA) is 74.5 Å². The summed E-state index contributed by atoms with van der Waals surface area (Å²) in [4.78, 5) is 16.2. The van der Waals surface area contributed by atoms with E-state index in [4.69, 9.17) is 14.0 Å². The second-order valence-electron chi connectivity index (χ2n) is 4.95. The third-order valence-corrected chi connectivity index (χ3v) is 2.99. The van der Waals surface area contributed by atoms with E-state index in [1.165, 1.54) is 0 Å². The molecule has 6 heteroatoms. The number of carbonyl (C=O) groups excluding carboxylic acids is 1. The van der Waals surface area contributed by atoms with Crippen LogP contribution in [0.3, 0.4) is 0 Å². The molecule has 0 radical (unpaired) electrons. The van der Waals surface area contributed by atoms with Crippen molar-refractivity contribution in [1.29, 1.82) is 0 Å². The van der Waals surface area contributed by atoms with Crippen LogP contribution < -0.4 is 4.74 Å². The fraction of sp³-hybridized carbons (Fsp3) is 0.400. The Labute approximate surface area is 123 Å². The second-order valence-corrected chi connectivity index (χ2v) is 4.95. The van der Waals surface area contributed by atoms with Crippen LogP contribution in [0.1, 0.15) is 47.1 Å². The van der Waals surface area contributed by atoms with Crippen LogP contribution in [0, 0.1) is 6.92 Å². The Morgan fingerprint density at radius 2 is 2.14 bits per heavy atom. The van der Waals surface area contributed by atoms with Gasteiger partial charge in [-0.15, -0.1) is 0 Å². The number of hydrogen-bond acceptors (Lipinski definition) is 6. The minimum atomic E-state index is -0.437. The van der Waals surface area contributed by atoms with Crippen LogP contribution in [0.5, 0.6) is 5.88 Å². The Morgan fingerprint density at radius 1 is 1.38 bits per heavy atom. The highest BCUT2D eigenvalue weighted by atomic mass is 16.5. The maximum atomic E-state index is 12.2. The van der Waals surface area contributed by atoms with Crippen molar-refractivity contribution in [2.75, 3.05) is 7.11 Å². The monoisotopic (exact) mass is 290 g/mol. The molecule has 0 unspecified atom stereocenters. The largest absolute Gasteiger partial charge is 0.481 e. The lowest BCUT2D eigenvalue weighted by Crippen LogP contribution is -2.09. The van der Waals surface area contributed by atoms with Crippen molar-refractivity contribution >= 4 is 5.97 Å². The van der Waals surface area contributed by atoms with Gasteiger partial charge in [0.05, 0.1) is 12.8 Å². The molecule has 6 nitrogen and oxygen atoms in total. The van der Waals surface area contributed by atoms with Crippen LogP contribution in [0.15, 0.2) is 22.9 Å². The number of ether oxygens (including phenoxy) is 2. The summed E-state index contributed by atoms with van der Waals surface area (Å²) in [5.74, 6) is 0.692. The zero-order chi connectivity index (χ0) is 15.4. The predicted octanol–water partition coefficient (Wildman–Crippen LogP) is 2.87. The number of esters is 1. The van der Waals surface area contributed by atoms with E-state index < -0.39 is 5.97 Å². The molecule has 21 heavy (non-hydrogen) atoms. The highest BCUT2D eigenvalue weighted by molar-refractivity contribution is 5.91. The fourth-order valence-corrected chi connectivity index (χ4v) is 1.87. The van der Waals surface area contributed by atoms with Crippen LogP contribution in [-0.2, 0) is 11.3 Å². The molecule has 0 fully saturated rings. The Kier molecular flexibility index (Phi) is 4.57. The van der Waals surface area contributed by atoms with Gasteiger partial charge in [0.25, 0.3) is 0 Å². The van der Waals surface area contributed by atoms with E-state index >= 15 is 0 Å². The van der Waals surface area contributed by atoms with Gasteiger partial charge in [-0.05, 0) is 13.0 Å². The normalized spacial score (nSPS) is 10.7. The summed E-state index contributed by atoms with van der Waals surface area (Å²) in [5.41, 5.74) is 1.73. The number of nitrogens with zero attached hydrogens (tertiary/aromatic N) is 2. The number of pyridine rings is 1. The third-order valence-electron chi connectivity index (χ3n) is 2.99. The average Bonchev–Trinajstić information content (AvgIpc) is 2.87. The molecule has 2 rings (SSSR count). The molecule has 0 aliphatic heterocycles. The number of rotatable bonds is 5. The average molecular weight is 290 g/mol. The molecule has 0 amide bonds. The van der Waals surface area contributed by atoms with Crippen molar-refractivity contribution in [1.82, 2.24) is 10.1 Å². The van der Waals surface area contributed by atoms with Gasteiger partial charge in [-0.25, -0.2) is 9.78 Å². The lowest BCUT2D eigenvalue weighted by molar-refractivity contribution is 0.0468. The molecule has 0 saturated carbocycles. The molecule has 0 aliphatic carbocycles. The van der Waals surface area contributed by atoms with Gasteiger partial charge in [-0.2, -0.15) is 0 Å². The van der Waals surface area contributed by atoms with Crippen LogP contribution in [0.25, 0.3) is 0 Å². The molecule has 0 bridgehead atoms. The molecule has 0 spiro atoms. The number of methoxy groups -OCH3 is 1. The maximum Gasteiger partial charge on any atom is 0.344 e. The second kappa shape index (κ2) is 6.39. The van der Waals surface area contributed by atoms with Gasteiger partial charge < -0.3 is 14.0 Å². The molecule has 2 aromatic heterocycles. The van der Waals surface area contributed by atoms with Gasteiger partial charge in [-0.3, -0.25) is 0 Å². The van der Waals surface area contributed by atoms with E-state index in [2.05, 4.69) is 10.1 Å². The minimum absolute atomic E-state index is 0.0661. The van der Waals surface area contributed by atoms with Gasteiger partial charge in [-0.1, -0.05) is 19.0 Å².